The second kappa shape index (κ2) is 5.74. The number of nitrogen functional groups attached to an aromatic ring is 1. The maximum Gasteiger partial charge on any atom is 0.254 e. The first kappa shape index (κ1) is 14.9. The Morgan fingerprint density at radius 1 is 1.35 bits per heavy atom. The largest absolute Gasteiger partial charge is 0.377 e. The van der Waals surface area contributed by atoms with Crippen LogP contribution in [0.25, 0.3) is 0 Å². The summed E-state index contributed by atoms with van der Waals surface area (Å²) < 4.78 is 5.94. The van der Waals surface area contributed by atoms with Crippen LogP contribution in [0.2, 0.25) is 0 Å². The minimum Gasteiger partial charge on any atom is -0.377 e. The zero-order chi connectivity index (χ0) is 16.0. The first-order valence-corrected chi connectivity index (χ1v) is 8.66. The van der Waals surface area contributed by atoms with Crippen molar-refractivity contribution in [2.45, 2.75) is 51.2 Å². The van der Waals surface area contributed by atoms with Gasteiger partial charge in [-0.25, -0.2) is 9.97 Å². The van der Waals surface area contributed by atoms with E-state index in [2.05, 4.69) is 15.3 Å². The van der Waals surface area contributed by atoms with Gasteiger partial charge in [0.1, 0.15) is 0 Å². The number of amides is 1. The van der Waals surface area contributed by atoms with E-state index in [9.17, 15) is 4.79 Å². The number of fused-ring (bicyclic) bond motifs is 1. The second-order valence-corrected chi connectivity index (χ2v) is 7.14. The van der Waals surface area contributed by atoms with Crippen molar-refractivity contribution < 1.29 is 9.53 Å². The van der Waals surface area contributed by atoms with Gasteiger partial charge in [-0.2, -0.15) is 0 Å². The summed E-state index contributed by atoms with van der Waals surface area (Å²) in [7, 11) is 0. The van der Waals surface area contributed by atoms with Gasteiger partial charge in [0.25, 0.3) is 5.91 Å². The fourth-order valence-electron chi connectivity index (χ4n) is 4.80. The number of nitrogens with zero attached hydrogens (tertiary/aromatic N) is 2. The fourth-order valence-corrected chi connectivity index (χ4v) is 4.80. The van der Waals surface area contributed by atoms with Crippen LogP contribution in [-0.2, 0) is 4.74 Å². The molecule has 0 spiro atoms. The van der Waals surface area contributed by atoms with E-state index in [1.165, 1.54) is 31.9 Å². The van der Waals surface area contributed by atoms with Crippen molar-refractivity contribution in [3.63, 3.8) is 0 Å². The smallest absolute Gasteiger partial charge is 0.254 e. The summed E-state index contributed by atoms with van der Waals surface area (Å²) in [6, 6.07) is 0.232. The Balaban J connectivity index is 1.51. The van der Waals surface area contributed by atoms with E-state index in [1.54, 1.807) is 6.92 Å². The van der Waals surface area contributed by atoms with Gasteiger partial charge >= 0.3 is 0 Å². The Morgan fingerprint density at radius 2 is 2.13 bits per heavy atom. The average Bonchev–Trinajstić information content (AvgIpc) is 3.15. The van der Waals surface area contributed by atoms with Crippen LogP contribution < -0.4 is 11.1 Å². The van der Waals surface area contributed by atoms with Crippen LogP contribution in [0, 0.1) is 24.7 Å². The molecule has 2 heterocycles. The third-order valence-electron chi connectivity index (χ3n) is 5.92. The van der Waals surface area contributed by atoms with Gasteiger partial charge in [-0.05, 0) is 19.3 Å². The number of hydrogen-bond acceptors (Lipinski definition) is 5. The lowest BCUT2D eigenvalue weighted by Crippen LogP contribution is -2.63. The number of hydrogen-bond donors (Lipinski definition) is 2. The number of nitrogens with one attached hydrogen (secondary N) is 1. The van der Waals surface area contributed by atoms with Crippen molar-refractivity contribution in [3.05, 3.63) is 17.5 Å². The van der Waals surface area contributed by atoms with Gasteiger partial charge in [-0.1, -0.05) is 25.7 Å². The molecular formula is C17H24N4O2. The zero-order valence-corrected chi connectivity index (χ0v) is 13.5. The molecule has 4 atom stereocenters. The monoisotopic (exact) mass is 316 g/mol. The van der Waals surface area contributed by atoms with Gasteiger partial charge < -0.3 is 15.8 Å². The molecule has 1 amide bonds. The van der Waals surface area contributed by atoms with Crippen LogP contribution in [0.15, 0.2) is 6.20 Å². The maximum atomic E-state index is 12.7. The third-order valence-corrected chi connectivity index (χ3v) is 5.92. The lowest BCUT2D eigenvalue weighted by molar-refractivity contribution is -0.0784. The standard InChI is InChI=1S/C17H24N4O2/c1-9-12(8-19-17(18)20-9)16(22)21-14-11-6-7-23-15(11)13(14)10-4-2-3-5-10/h8,10-11,13-15H,2-7H2,1H3,(H,21,22)(H2,18,19,20)/t11-,13+,14-,15-/m0/s1. The highest BCUT2D eigenvalue weighted by molar-refractivity contribution is 5.95. The van der Waals surface area contributed by atoms with E-state index in [-0.39, 0.29) is 17.9 Å². The molecular weight excluding hydrogens is 292 g/mol. The number of carbonyl (C=O) groups excluding carboxylic acids is 1. The summed E-state index contributed by atoms with van der Waals surface area (Å²) in [4.78, 5) is 20.7. The molecule has 0 bridgehead atoms. The van der Waals surface area contributed by atoms with Gasteiger partial charge in [0, 0.05) is 30.7 Å². The Hall–Kier alpha value is -1.69. The highest BCUT2D eigenvalue weighted by atomic mass is 16.5. The van der Waals surface area contributed by atoms with Gasteiger partial charge in [-0.15, -0.1) is 0 Å². The van der Waals surface area contributed by atoms with Crippen LogP contribution >= 0.6 is 0 Å². The molecule has 23 heavy (non-hydrogen) atoms. The first-order valence-electron chi connectivity index (χ1n) is 8.66. The van der Waals surface area contributed by atoms with Crippen molar-refractivity contribution in [1.82, 2.24) is 15.3 Å². The molecule has 0 aromatic carbocycles. The summed E-state index contributed by atoms with van der Waals surface area (Å²) in [5, 5.41) is 3.25. The molecule has 2 saturated carbocycles. The normalized spacial score (nSPS) is 33.3. The zero-order valence-electron chi connectivity index (χ0n) is 13.5. The van der Waals surface area contributed by atoms with E-state index < -0.39 is 0 Å². The molecule has 3 aliphatic rings. The van der Waals surface area contributed by atoms with E-state index in [0.717, 1.165) is 13.0 Å². The summed E-state index contributed by atoms with van der Waals surface area (Å²) in [6.45, 7) is 2.62. The van der Waals surface area contributed by atoms with Gasteiger partial charge in [0.05, 0.1) is 17.4 Å². The Kier molecular flexibility index (Phi) is 3.71. The maximum absolute atomic E-state index is 12.7. The lowest BCUT2D eigenvalue weighted by Gasteiger charge is -2.50. The topological polar surface area (TPSA) is 90.1 Å². The first-order chi connectivity index (χ1) is 11.1. The van der Waals surface area contributed by atoms with Gasteiger partial charge in [0.15, 0.2) is 0 Å². The quantitative estimate of drug-likeness (QED) is 0.885. The minimum absolute atomic E-state index is 0.0825. The van der Waals surface area contributed by atoms with Crippen molar-refractivity contribution in [3.8, 4) is 0 Å². The number of anilines is 1. The number of ether oxygens (including phenoxy) is 1. The van der Waals surface area contributed by atoms with Crippen LogP contribution in [0.4, 0.5) is 5.95 Å². The SMILES string of the molecule is Cc1nc(N)ncc1C(=O)N[C@H]1[C@@H]2CCO[C@@H]2[C@@H]1C1CCCC1. The van der Waals surface area contributed by atoms with Gasteiger partial charge in [0.2, 0.25) is 5.95 Å². The molecule has 0 radical (unpaired) electrons. The molecule has 1 aliphatic heterocycles. The average molecular weight is 316 g/mol. The third kappa shape index (κ3) is 2.49. The molecule has 124 valence electrons. The fraction of sp³-hybridized carbons (Fsp3) is 0.706. The molecule has 3 N–H and O–H groups in total. The van der Waals surface area contributed by atoms with Crippen LogP contribution in [-0.4, -0.2) is 34.6 Å². The van der Waals surface area contributed by atoms with Crippen molar-refractivity contribution in [2.24, 2.45) is 17.8 Å². The second-order valence-electron chi connectivity index (χ2n) is 7.14. The van der Waals surface area contributed by atoms with E-state index in [1.807, 2.05) is 0 Å². The van der Waals surface area contributed by atoms with E-state index in [0.29, 0.717) is 35.1 Å². The van der Waals surface area contributed by atoms with E-state index >= 15 is 0 Å². The molecule has 6 nitrogen and oxygen atoms in total. The highest BCUT2D eigenvalue weighted by Gasteiger charge is 2.57. The summed E-state index contributed by atoms with van der Waals surface area (Å²) in [5.41, 5.74) is 6.72. The number of rotatable bonds is 3. The molecule has 3 fully saturated rings. The predicted molar refractivity (Wildman–Crippen MR) is 85.7 cm³/mol. The summed E-state index contributed by atoms with van der Waals surface area (Å²) in [6.07, 6.45) is 8.09. The van der Waals surface area contributed by atoms with E-state index in [4.69, 9.17) is 10.5 Å². The Morgan fingerprint density at radius 3 is 2.87 bits per heavy atom. The van der Waals surface area contributed by atoms with Crippen LogP contribution in [0.1, 0.15) is 48.2 Å². The number of nitrogens with two attached hydrogens (primary N) is 1. The van der Waals surface area contributed by atoms with Crippen LogP contribution in [0.5, 0.6) is 0 Å². The van der Waals surface area contributed by atoms with Gasteiger partial charge in [-0.3, -0.25) is 4.79 Å². The molecule has 1 aromatic heterocycles. The van der Waals surface area contributed by atoms with Crippen molar-refractivity contribution >= 4 is 11.9 Å². The molecule has 6 heteroatoms. The summed E-state index contributed by atoms with van der Waals surface area (Å²) in [5.74, 6) is 1.77. The summed E-state index contributed by atoms with van der Waals surface area (Å²) >= 11 is 0. The number of aryl methyl sites for hydroxylation is 1. The molecule has 2 aliphatic carbocycles. The Bertz CT molecular complexity index is 610. The molecule has 4 rings (SSSR count). The molecule has 0 unspecified atom stereocenters. The number of aromatic nitrogens is 2. The predicted octanol–water partition coefficient (Wildman–Crippen LogP) is 1.69. The van der Waals surface area contributed by atoms with Crippen LogP contribution in [0.3, 0.4) is 0 Å². The lowest BCUT2D eigenvalue weighted by atomic mass is 9.61. The number of carbonyl (C=O) groups is 1. The highest BCUT2D eigenvalue weighted by Crippen LogP contribution is 2.51. The Labute approximate surface area is 136 Å². The minimum atomic E-state index is -0.0825. The van der Waals surface area contributed by atoms with Crippen molar-refractivity contribution in [2.75, 3.05) is 12.3 Å². The van der Waals surface area contributed by atoms with Crippen molar-refractivity contribution in [1.29, 1.82) is 0 Å². The molecule has 1 aromatic rings. The molecule has 1 saturated heterocycles.